The summed E-state index contributed by atoms with van der Waals surface area (Å²) in [6, 6.07) is 16.7. The van der Waals surface area contributed by atoms with Crippen LogP contribution in [0.1, 0.15) is 20.7 Å². The van der Waals surface area contributed by atoms with Crippen molar-refractivity contribution in [3.63, 3.8) is 0 Å². The first-order chi connectivity index (χ1) is 14.0. The zero-order valence-electron chi connectivity index (χ0n) is 15.2. The Hall–Kier alpha value is -2.91. The Morgan fingerprint density at radius 3 is 1.70 bits per heavy atom. The van der Waals surface area contributed by atoms with Gasteiger partial charge in [0.2, 0.25) is 0 Å². The Kier molecular flexibility index (Phi) is 7.58. The quantitative estimate of drug-likeness (QED) is 0.297. The molecule has 0 spiro atoms. The van der Waals surface area contributed by atoms with E-state index in [2.05, 4.69) is 0 Å². The summed E-state index contributed by atoms with van der Waals surface area (Å²) in [6.45, 7) is 0. The summed E-state index contributed by atoms with van der Waals surface area (Å²) in [5.74, 6) is 0. The molecule has 0 saturated carbocycles. The van der Waals surface area contributed by atoms with Crippen molar-refractivity contribution < 1.29 is 22.6 Å². The third kappa shape index (κ3) is 6.30. The average molecular weight is 467 g/mol. The lowest BCUT2D eigenvalue weighted by Crippen LogP contribution is -2.02. The second kappa shape index (κ2) is 9.73. The minimum atomic E-state index is -4.31. The van der Waals surface area contributed by atoms with E-state index >= 15 is 0 Å². The number of benzene rings is 3. The van der Waals surface area contributed by atoms with Crippen molar-refractivity contribution in [3.8, 4) is 11.1 Å². The van der Waals surface area contributed by atoms with Gasteiger partial charge in [-0.1, -0.05) is 12.1 Å². The second-order valence-corrected chi connectivity index (χ2v) is 8.06. The Balaban J connectivity index is 0.000000232. The molecule has 10 heteroatoms. The van der Waals surface area contributed by atoms with Gasteiger partial charge in [0.05, 0.1) is 0 Å². The lowest BCUT2D eigenvalue weighted by molar-refractivity contribution is 0.107. The van der Waals surface area contributed by atoms with Gasteiger partial charge in [-0.3, -0.25) is 14.1 Å². The number of nitrogens with two attached hydrogens (primary N) is 2. The lowest BCUT2D eigenvalue weighted by atomic mass is 10.0. The lowest BCUT2D eigenvalue weighted by Gasteiger charge is -2.09. The van der Waals surface area contributed by atoms with Crippen LogP contribution in [0, 0.1) is 0 Å². The third-order valence-electron chi connectivity index (χ3n) is 3.82. The maximum atomic E-state index is 11.3. The minimum Gasteiger partial charge on any atom is -0.399 e. The maximum Gasteiger partial charge on any atom is 0.295 e. The highest BCUT2D eigenvalue weighted by Crippen LogP contribution is 2.30. The van der Waals surface area contributed by atoms with Crippen molar-refractivity contribution in [2.24, 2.45) is 0 Å². The van der Waals surface area contributed by atoms with Crippen molar-refractivity contribution in [1.82, 2.24) is 0 Å². The van der Waals surface area contributed by atoms with Crippen LogP contribution in [-0.4, -0.2) is 23.5 Å². The number of halogens is 2. The molecule has 3 aromatic carbocycles. The zero-order valence-corrected chi connectivity index (χ0v) is 17.6. The van der Waals surface area contributed by atoms with Crippen LogP contribution in [0.5, 0.6) is 0 Å². The standard InChI is InChI=1S/C12H12N2O3S.C8H4Cl2O2/c13-9-3-1-2-8(6-9)11-7-10(14)4-5-12(11)18(15,16)17;9-7(11)5-1-2-6(4-3-5)8(10)12/h1-7H,13-14H2,(H,15,16,17);1-4H. The summed E-state index contributed by atoms with van der Waals surface area (Å²) in [4.78, 5) is 21.0. The van der Waals surface area contributed by atoms with Crippen LogP contribution in [0.3, 0.4) is 0 Å². The molecule has 0 amide bonds. The molecule has 0 aliphatic carbocycles. The van der Waals surface area contributed by atoms with E-state index < -0.39 is 20.6 Å². The first kappa shape index (κ1) is 23.4. The van der Waals surface area contributed by atoms with E-state index in [0.29, 0.717) is 33.6 Å². The molecule has 0 aliphatic heterocycles. The second-order valence-electron chi connectivity index (χ2n) is 5.98. The number of hydrogen-bond acceptors (Lipinski definition) is 6. The molecule has 156 valence electrons. The third-order valence-corrected chi connectivity index (χ3v) is 5.17. The monoisotopic (exact) mass is 466 g/mol. The maximum absolute atomic E-state index is 11.3. The average Bonchev–Trinajstić information content (AvgIpc) is 2.67. The Labute approximate surface area is 183 Å². The first-order valence-corrected chi connectivity index (χ1v) is 10.4. The molecule has 0 fully saturated rings. The number of hydrogen-bond donors (Lipinski definition) is 3. The Morgan fingerprint density at radius 1 is 0.767 bits per heavy atom. The van der Waals surface area contributed by atoms with Gasteiger partial charge in [0.25, 0.3) is 20.6 Å². The number of rotatable bonds is 4. The minimum absolute atomic E-state index is 0.192. The summed E-state index contributed by atoms with van der Waals surface area (Å²) in [5.41, 5.74) is 13.8. The molecule has 0 aliphatic rings. The van der Waals surface area contributed by atoms with Crippen molar-refractivity contribution in [1.29, 1.82) is 0 Å². The highest BCUT2D eigenvalue weighted by molar-refractivity contribution is 7.86. The summed E-state index contributed by atoms with van der Waals surface area (Å²) < 4.78 is 31.8. The van der Waals surface area contributed by atoms with Crippen LogP contribution in [0.2, 0.25) is 0 Å². The number of anilines is 2. The molecule has 30 heavy (non-hydrogen) atoms. The zero-order chi connectivity index (χ0) is 22.5. The van der Waals surface area contributed by atoms with Gasteiger partial charge in [-0.2, -0.15) is 8.42 Å². The smallest absolute Gasteiger partial charge is 0.295 e. The predicted octanol–water partition coefficient (Wildman–Crippen LogP) is 4.21. The Morgan fingerprint density at radius 2 is 1.27 bits per heavy atom. The topological polar surface area (TPSA) is 141 Å². The van der Waals surface area contributed by atoms with E-state index in [1.807, 2.05) is 0 Å². The van der Waals surface area contributed by atoms with E-state index in [1.54, 1.807) is 24.3 Å². The van der Waals surface area contributed by atoms with Crippen LogP contribution in [0.4, 0.5) is 11.4 Å². The molecule has 5 N–H and O–H groups in total. The van der Waals surface area contributed by atoms with E-state index in [4.69, 9.17) is 34.7 Å². The fourth-order valence-corrected chi connectivity index (χ4v) is 3.38. The molecular weight excluding hydrogens is 451 g/mol. The summed E-state index contributed by atoms with van der Waals surface area (Å²) in [6.07, 6.45) is 0. The largest absolute Gasteiger partial charge is 0.399 e. The molecule has 3 rings (SSSR count). The van der Waals surface area contributed by atoms with Crippen molar-refractivity contribution in [3.05, 3.63) is 77.9 Å². The van der Waals surface area contributed by atoms with Crippen molar-refractivity contribution >= 4 is 55.2 Å². The molecule has 3 aromatic rings. The molecule has 0 aromatic heterocycles. The molecule has 0 saturated heterocycles. The van der Waals surface area contributed by atoms with E-state index in [-0.39, 0.29) is 4.90 Å². The van der Waals surface area contributed by atoms with Crippen LogP contribution in [0.15, 0.2) is 71.6 Å². The molecule has 0 atom stereocenters. The predicted molar refractivity (Wildman–Crippen MR) is 117 cm³/mol. The fourth-order valence-electron chi connectivity index (χ4n) is 2.44. The van der Waals surface area contributed by atoms with Crippen molar-refractivity contribution in [2.45, 2.75) is 4.90 Å². The number of nitrogen functional groups attached to an aromatic ring is 2. The van der Waals surface area contributed by atoms with Gasteiger partial charge in [-0.05, 0) is 83.4 Å². The molecule has 0 unspecified atom stereocenters. The van der Waals surface area contributed by atoms with Gasteiger partial charge in [-0.15, -0.1) is 0 Å². The fraction of sp³-hybridized carbons (Fsp3) is 0. The highest BCUT2D eigenvalue weighted by Gasteiger charge is 2.16. The Bertz CT molecular complexity index is 1160. The summed E-state index contributed by atoms with van der Waals surface area (Å²) in [7, 11) is -4.31. The van der Waals surface area contributed by atoms with Crippen LogP contribution in [-0.2, 0) is 10.1 Å². The van der Waals surface area contributed by atoms with Crippen LogP contribution < -0.4 is 11.5 Å². The van der Waals surface area contributed by atoms with Gasteiger partial charge < -0.3 is 11.5 Å². The van der Waals surface area contributed by atoms with Gasteiger partial charge >= 0.3 is 0 Å². The molecular formula is C20H16Cl2N2O5S. The number of carbonyl (C=O) groups is 2. The van der Waals surface area contributed by atoms with E-state index in [1.165, 1.54) is 42.5 Å². The van der Waals surface area contributed by atoms with Gasteiger partial charge in [0, 0.05) is 28.1 Å². The van der Waals surface area contributed by atoms with Gasteiger partial charge in [-0.25, -0.2) is 0 Å². The van der Waals surface area contributed by atoms with E-state index in [0.717, 1.165) is 0 Å². The van der Waals surface area contributed by atoms with Gasteiger partial charge in [0.15, 0.2) is 0 Å². The van der Waals surface area contributed by atoms with Crippen molar-refractivity contribution in [2.75, 3.05) is 11.5 Å². The van der Waals surface area contributed by atoms with Crippen LogP contribution in [0.25, 0.3) is 11.1 Å². The van der Waals surface area contributed by atoms with Gasteiger partial charge in [0.1, 0.15) is 4.90 Å². The number of carbonyl (C=O) groups excluding carboxylic acids is 2. The first-order valence-electron chi connectivity index (χ1n) is 8.21. The van der Waals surface area contributed by atoms with E-state index in [9.17, 15) is 22.6 Å². The highest BCUT2D eigenvalue weighted by atomic mass is 35.5. The molecule has 7 nitrogen and oxygen atoms in total. The molecule has 0 bridgehead atoms. The SMILES string of the molecule is Nc1cccc(-c2cc(N)ccc2S(=O)(=O)O)c1.O=C(Cl)c1ccc(C(=O)Cl)cc1. The summed E-state index contributed by atoms with van der Waals surface area (Å²) >= 11 is 10.4. The normalized spacial score (nSPS) is 10.6. The summed E-state index contributed by atoms with van der Waals surface area (Å²) in [5, 5.41) is -1.10. The molecule has 0 radical (unpaired) electrons. The van der Waals surface area contributed by atoms with Crippen LogP contribution >= 0.6 is 23.2 Å². The molecule has 0 heterocycles.